The number of benzene rings is 2. The lowest BCUT2D eigenvalue weighted by atomic mass is 10.0. The topological polar surface area (TPSA) is 86.8 Å². The second kappa shape index (κ2) is 9.87. The zero-order valence-corrected chi connectivity index (χ0v) is 20.5. The average molecular weight is 488 g/mol. The summed E-state index contributed by atoms with van der Waals surface area (Å²) >= 11 is 1.58. The number of nitrogens with one attached hydrogen (secondary N) is 1. The predicted molar refractivity (Wildman–Crippen MR) is 131 cm³/mol. The van der Waals surface area contributed by atoms with Gasteiger partial charge in [-0.05, 0) is 74.4 Å². The number of nitrogens with zero attached hydrogens (tertiary/aromatic N) is 2. The lowest BCUT2D eigenvalue weighted by Crippen LogP contribution is -2.42. The molecule has 0 unspecified atom stereocenters. The van der Waals surface area contributed by atoms with Crippen LogP contribution in [0, 0.1) is 0 Å². The highest BCUT2D eigenvalue weighted by molar-refractivity contribution is 7.98. The number of anilines is 2. The quantitative estimate of drug-likeness (QED) is 0.625. The van der Waals surface area contributed by atoms with E-state index in [1.807, 2.05) is 37.4 Å². The molecule has 1 fully saturated rings. The molecule has 0 radical (unpaired) electrons. The largest absolute Gasteiger partial charge is 0.324 e. The molecule has 2 aliphatic rings. The molecule has 9 heteroatoms. The Morgan fingerprint density at radius 3 is 2.73 bits per heavy atom. The third-order valence-corrected chi connectivity index (χ3v) is 8.99. The maximum atomic E-state index is 13.2. The van der Waals surface area contributed by atoms with Crippen molar-refractivity contribution in [2.75, 3.05) is 29.6 Å². The second-order valence-electron chi connectivity index (χ2n) is 8.51. The van der Waals surface area contributed by atoms with Crippen LogP contribution in [0.15, 0.2) is 52.3 Å². The molecule has 2 aromatic carbocycles. The van der Waals surface area contributed by atoms with Crippen LogP contribution in [-0.4, -0.2) is 49.9 Å². The molecule has 0 bridgehead atoms. The van der Waals surface area contributed by atoms with E-state index in [0.717, 1.165) is 29.7 Å². The number of fused-ring (bicyclic) bond motifs is 1. The minimum absolute atomic E-state index is 0.0221. The van der Waals surface area contributed by atoms with Gasteiger partial charge in [-0.2, -0.15) is 4.31 Å². The number of piperidine rings is 1. The molecule has 1 N–H and O–H groups in total. The fraction of sp³-hybridized carbons (Fsp3) is 0.417. The molecule has 0 spiro atoms. The SMILES string of the molecule is CSc1cccc(NC(=O)CN2C(=O)CCc3cc(S(=O)(=O)N4CCCC[C@@H]4C)ccc32)c1. The zero-order valence-electron chi connectivity index (χ0n) is 18.9. The Balaban J connectivity index is 1.54. The number of hydrogen-bond acceptors (Lipinski definition) is 5. The van der Waals surface area contributed by atoms with Gasteiger partial charge < -0.3 is 10.2 Å². The van der Waals surface area contributed by atoms with E-state index in [1.165, 1.54) is 4.90 Å². The first-order valence-electron chi connectivity index (χ1n) is 11.2. The minimum Gasteiger partial charge on any atom is -0.324 e. The van der Waals surface area contributed by atoms with Crippen LogP contribution in [0.3, 0.4) is 0 Å². The number of rotatable bonds is 6. The summed E-state index contributed by atoms with van der Waals surface area (Å²) in [4.78, 5) is 28.1. The maximum Gasteiger partial charge on any atom is 0.244 e. The van der Waals surface area contributed by atoms with E-state index < -0.39 is 10.0 Å². The molecule has 0 aliphatic carbocycles. The van der Waals surface area contributed by atoms with Crippen molar-refractivity contribution in [3.63, 3.8) is 0 Å². The molecule has 7 nitrogen and oxygen atoms in total. The van der Waals surface area contributed by atoms with Crippen LogP contribution in [0.4, 0.5) is 11.4 Å². The van der Waals surface area contributed by atoms with Crippen LogP contribution in [0.5, 0.6) is 0 Å². The van der Waals surface area contributed by atoms with E-state index in [9.17, 15) is 18.0 Å². The van der Waals surface area contributed by atoms with E-state index in [1.54, 1.807) is 34.3 Å². The molecule has 4 rings (SSSR count). The molecule has 1 saturated heterocycles. The van der Waals surface area contributed by atoms with E-state index >= 15 is 0 Å². The van der Waals surface area contributed by atoms with E-state index in [4.69, 9.17) is 0 Å². The Labute approximate surface area is 199 Å². The first-order valence-corrected chi connectivity index (χ1v) is 13.8. The molecule has 0 aromatic heterocycles. The number of carbonyl (C=O) groups excluding carboxylic acids is 2. The molecular formula is C24H29N3O4S2. The number of carbonyl (C=O) groups is 2. The Morgan fingerprint density at radius 1 is 1.15 bits per heavy atom. The summed E-state index contributed by atoms with van der Waals surface area (Å²) in [7, 11) is -3.60. The van der Waals surface area contributed by atoms with Gasteiger partial charge in [0.1, 0.15) is 6.54 Å². The third-order valence-electron chi connectivity index (χ3n) is 6.25. The fourth-order valence-corrected chi connectivity index (χ4v) is 6.69. The van der Waals surface area contributed by atoms with Gasteiger partial charge in [-0.25, -0.2) is 8.42 Å². The number of thioether (sulfide) groups is 1. The molecule has 2 aromatic rings. The van der Waals surface area contributed by atoms with Crippen molar-refractivity contribution < 1.29 is 18.0 Å². The highest BCUT2D eigenvalue weighted by Crippen LogP contribution is 2.32. The van der Waals surface area contributed by atoms with Gasteiger partial charge in [0.05, 0.1) is 4.90 Å². The number of amides is 2. The van der Waals surface area contributed by atoms with E-state index in [0.29, 0.717) is 24.3 Å². The van der Waals surface area contributed by atoms with Crippen molar-refractivity contribution in [1.82, 2.24) is 4.31 Å². The van der Waals surface area contributed by atoms with Gasteiger partial charge in [-0.1, -0.05) is 12.5 Å². The predicted octanol–water partition coefficient (Wildman–Crippen LogP) is 3.89. The molecule has 0 saturated carbocycles. The van der Waals surface area contributed by atoms with Crippen LogP contribution in [0.25, 0.3) is 0 Å². The molecule has 2 amide bonds. The number of hydrogen-bond donors (Lipinski definition) is 1. The summed E-state index contributed by atoms with van der Waals surface area (Å²) in [6, 6.07) is 12.4. The van der Waals surface area contributed by atoms with E-state index in [2.05, 4.69) is 5.32 Å². The third kappa shape index (κ3) is 5.10. The zero-order chi connectivity index (χ0) is 23.6. The summed E-state index contributed by atoms with van der Waals surface area (Å²) in [6.07, 6.45) is 5.43. The minimum atomic E-state index is -3.60. The van der Waals surface area contributed by atoms with Gasteiger partial charge in [0.25, 0.3) is 0 Å². The smallest absolute Gasteiger partial charge is 0.244 e. The fourth-order valence-electron chi connectivity index (χ4n) is 4.48. The lowest BCUT2D eigenvalue weighted by molar-refractivity contribution is -0.121. The molecule has 33 heavy (non-hydrogen) atoms. The van der Waals surface area contributed by atoms with Crippen LogP contribution in [-0.2, 0) is 26.0 Å². The molecule has 2 heterocycles. The van der Waals surface area contributed by atoms with Crippen molar-refractivity contribution in [3.8, 4) is 0 Å². The average Bonchev–Trinajstić information content (AvgIpc) is 2.81. The lowest BCUT2D eigenvalue weighted by Gasteiger charge is -2.33. The number of aryl methyl sites for hydroxylation is 1. The van der Waals surface area contributed by atoms with Gasteiger partial charge in [-0.15, -0.1) is 11.8 Å². The van der Waals surface area contributed by atoms with Crippen molar-refractivity contribution in [2.45, 2.75) is 54.9 Å². The van der Waals surface area contributed by atoms with Crippen molar-refractivity contribution in [1.29, 1.82) is 0 Å². The van der Waals surface area contributed by atoms with Gasteiger partial charge in [0, 0.05) is 35.3 Å². The monoisotopic (exact) mass is 487 g/mol. The highest BCUT2D eigenvalue weighted by atomic mass is 32.2. The molecule has 176 valence electrons. The Morgan fingerprint density at radius 2 is 1.97 bits per heavy atom. The van der Waals surface area contributed by atoms with Crippen molar-refractivity contribution in [3.05, 3.63) is 48.0 Å². The van der Waals surface area contributed by atoms with Crippen LogP contribution in [0.2, 0.25) is 0 Å². The van der Waals surface area contributed by atoms with E-state index in [-0.39, 0.29) is 35.7 Å². The number of sulfonamides is 1. The Kier molecular flexibility index (Phi) is 7.11. The molecule has 1 atom stereocenters. The summed E-state index contributed by atoms with van der Waals surface area (Å²) in [5.41, 5.74) is 2.05. The van der Waals surface area contributed by atoms with Crippen LogP contribution in [0.1, 0.15) is 38.2 Å². The summed E-state index contributed by atoms with van der Waals surface area (Å²) in [5.74, 6) is -0.441. The van der Waals surface area contributed by atoms with Crippen molar-refractivity contribution in [2.24, 2.45) is 0 Å². The first-order chi connectivity index (χ1) is 15.8. The first kappa shape index (κ1) is 23.8. The maximum absolute atomic E-state index is 13.2. The summed E-state index contributed by atoms with van der Waals surface area (Å²) in [6.45, 7) is 2.36. The second-order valence-corrected chi connectivity index (χ2v) is 11.3. The highest BCUT2D eigenvalue weighted by Gasteiger charge is 2.33. The van der Waals surface area contributed by atoms with Gasteiger partial charge in [0.2, 0.25) is 21.8 Å². The van der Waals surface area contributed by atoms with Gasteiger partial charge in [0.15, 0.2) is 0 Å². The molecular weight excluding hydrogens is 458 g/mol. The van der Waals surface area contributed by atoms with Crippen molar-refractivity contribution >= 4 is 45.0 Å². The standard InChI is InChI=1S/C24H29N3O4S2/c1-17-6-3-4-13-27(17)33(30,31)21-10-11-22-18(14-21)9-12-24(29)26(22)16-23(28)25-19-7-5-8-20(15-19)32-2/h5,7-8,10-11,14-15,17H,3-4,6,9,12-13,16H2,1-2H3,(H,25,28)/t17-/m0/s1. The summed E-state index contributed by atoms with van der Waals surface area (Å²) < 4.78 is 28.1. The van der Waals surface area contributed by atoms with Gasteiger partial charge in [-0.3, -0.25) is 9.59 Å². The molecule has 2 aliphatic heterocycles. The van der Waals surface area contributed by atoms with Gasteiger partial charge >= 0.3 is 0 Å². The normalized spacial score (nSPS) is 19.3. The van der Waals surface area contributed by atoms with Crippen LogP contribution < -0.4 is 10.2 Å². The Hall–Kier alpha value is -2.36. The van der Waals surface area contributed by atoms with Crippen LogP contribution >= 0.6 is 11.8 Å². The summed E-state index contributed by atoms with van der Waals surface area (Å²) in [5, 5.41) is 2.85. The Bertz CT molecular complexity index is 1170.